The Kier molecular flexibility index (Phi) is 13.5. The zero-order chi connectivity index (χ0) is 32.2. The smallest absolute Gasteiger partial charge is 0.408 e. The molecule has 0 fully saturated rings. The first kappa shape index (κ1) is 35.2. The van der Waals surface area contributed by atoms with Gasteiger partial charge in [0.1, 0.15) is 17.7 Å². The van der Waals surface area contributed by atoms with Crippen LogP contribution in [0.4, 0.5) is 10.5 Å². The predicted octanol–water partition coefficient (Wildman–Crippen LogP) is 5.88. The molecule has 0 saturated carbocycles. The number of amides is 4. The summed E-state index contributed by atoms with van der Waals surface area (Å²) in [6, 6.07) is 9.73. The Morgan fingerprint density at radius 2 is 1.77 bits per heavy atom. The van der Waals surface area contributed by atoms with Gasteiger partial charge in [0, 0.05) is 18.5 Å². The van der Waals surface area contributed by atoms with Crippen molar-refractivity contribution in [3.05, 3.63) is 64.2 Å². The maximum atomic E-state index is 14.4. The highest BCUT2D eigenvalue weighted by Gasteiger charge is 2.37. The number of rotatable bonds is 14. The molecule has 0 saturated heterocycles. The number of unbranched alkanes of at least 4 members (excludes halogenated alkanes) is 3. The molecule has 0 aromatic heterocycles. The number of anilines is 1. The van der Waals surface area contributed by atoms with Crippen molar-refractivity contribution in [1.82, 2.24) is 10.2 Å². The van der Waals surface area contributed by atoms with Crippen LogP contribution in [-0.2, 0) is 19.1 Å². The van der Waals surface area contributed by atoms with Crippen LogP contribution in [0.15, 0.2) is 42.5 Å². The van der Waals surface area contributed by atoms with E-state index in [1.807, 2.05) is 13.0 Å². The Morgan fingerprint density at radius 1 is 1.07 bits per heavy atom. The minimum atomic E-state index is -1.20. The molecule has 4 N–H and O–H groups in total. The molecule has 9 nitrogen and oxygen atoms in total. The lowest BCUT2D eigenvalue weighted by atomic mass is 9.96. The van der Waals surface area contributed by atoms with Crippen LogP contribution in [0.3, 0.4) is 0 Å². The Morgan fingerprint density at radius 3 is 2.37 bits per heavy atom. The number of primary amides is 1. The van der Waals surface area contributed by atoms with E-state index in [0.717, 1.165) is 24.8 Å². The summed E-state index contributed by atoms with van der Waals surface area (Å²) >= 11 is 6.44. The molecule has 0 spiro atoms. The van der Waals surface area contributed by atoms with Crippen LogP contribution < -0.4 is 16.4 Å². The Balaban J connectivity index is 2.66. The average Bonchev–Trinajstić information content (AvgIpc) is 2.93. The number of nitrogens with one attached hydrogen (secondary N) is 2. The molecule has 0 aliphatic carbocycles. The molecule has 0 aliphatic rings. The molecule has 43 heavy (non-hydrogen) atoms. The number of nitrogens with two attached hydrogens (primary N) is 1. The van der Waals surface area contributed by atoms with E-state index in [1.54, 1.807) is 57.2 Å². The Labute approximate surface area is 259 Å². The number of halogens is 1. The standard InChI is InChI=1S/C33H43ClN4O5/c1-7-9-10-13-21-38(31(41)26(19-20-27(35)39)36-32(42)43-33(4,5)6)29(24-17-12-11-16-23(24)8-2)30(40)37-28-22(3)15-14-18-25(28)34/h2,11-12,14-18,26,29H,7,9-10,13,19-21H2,1,3-6H3,(H2,35,39)(H,36,42)(H,37,40). The van der Waals surface area contributed by atoms with E-state index < -0.39 is 41.5 Å². The number of alkyl carbamates (subject to hydrolysis) is 1. The first-order chi connectivity index (χ1) is 20.3. The van der Waals surface area contributed by atoms with Crippen molar-refractivity contribution in [3.63, 3.8) is 0 Å². The summed E-state index contributed by atoms with van der Waals surface area (Å²) in [5, 5.41) is 5.84. The average molecular weight is 611 g/mol. The monoisotopic (exact) mass is 610 g/mol. The van der Waals surface area contributed by atoms with Crippen LogP contribution >= 0.6 is 11.6 Å². The van der Waals surface area contributed by atoms with Gasteiger partial charge in [-0.3, -0.25) is 14.4 Å². The molecule has 2 atom stereocenters. The molecular formula is C33H43ClN4O5. The van der Waals surface area contributed by atoms with Gasteiger partial charge in [-0.15, -0.1) is 6.42 Å². The minimum Gasteiger partial charge on any atom is -0.444 e. The largest absolute Gasteiger partial charge is 0.444 e. The van der Waals surface area contributed by atoms with Crippen molar-refractivity contribution in [3.8, 4) is 12.3 Å². The van der Waals surface area contributed by atoms with E-state index >= 15 is 0 Å². The topological polar surface area (TPSA) is 131 Å². The fraction of sp³-hybridized carbons (Fsp3) is 0.455. The molecule has 2 unspecified atom stereocenters. The molecular weight excluding hydrogens is 568 g/mol. The summed E-state index contributed by atoms with van der Waals surface area (Å²) in [4.78, 5) is 54.5. The van der Waals surface area contributed by atoms with E-state index in [-0.39, 0.29) is 19.4 Å². The van der Waals surface area contributed by atoms with Gasteiger partial charge in [0.25, 0.3) is 5.91 Å². The van der Waals surface area contributed by atoms with Crippen molar-refractivity contribution in [2.45, 2.75) is 90.8 Å². The highest BCUT2D eigenvalue weighted by atomic mass is 35.5. The van der Waals surface area contributed by atoms with E-state index in [9.17, 15) is 19.2 Å². The number of aryl methyl sites for hydroxylation is 1. The maximum Gasteiger partial charge on any atom is 0.408 e. The molecule has 0 heterocycles. The summed E-state index contributed by atoms with van der Waals surface area (Å²) in [5.41, 5.74) is 6.58. The van der Waals surface area contributed by atoms with E-state index in [4.69, 9.17) is 28.5 Å². The number of hydrogen-bond acceptors (Lipinski definition) is 5. The highest BCUT2D eigenvalue weighted by molar-refractivity contribution is 6.34. The Bertz CT molecular complexity index is 1310. The highest BCUT2D eigenvalue weighted by Crippen LogP contribution is 2.31. The van der Waals surface area contributed by atoms with Gasteiger partial charge >= 0.3 is 6.09 Å². The van der Waals surface area contributed by atoms with Gasteiger partial charge in [0.2, 0.25) is 11.8 Å². The SMILES string of the molecule is C#Cc1ccccc1C(C(=O)Nc1c(C)cccc1Cl)N(CCCCCC)C(=O)C(CCC(N)=O)NC(=O)OC(C)(C)C. The van der Waals surface area contributed by atoms with Crippen molar-refractivity contribution in [1.29, 1.82) is 0 Å². The molecule has 2 aromatic rings. The second kappa shape index (κ2) is 16.6. The molecule has 4 amide bonds. The minimum absolute atomic E-state index is 0.0897. The van der Waals surface area contributed by atoms with E-state index in [1.165, 1.54) is 4.90 Å². The lowest BCUT2D eigenvalue weighted by molar-refractivity contribution is -0.141. The number of para-hydroxylation sites is 1. The third-order valence-electron chi connectivity index (χ3n) is 6.65. The number of terminal acetylenes is 1. The van der Waals surface area contributed by atoms with E-state index in [0.29, 0.717) is 28.3 Å². The third kappa shape index (κ3) is 11.0. The first-order valence-corrected chi connectivity index (χ1v) is 14.9. The molecule has 232 valence electrons. The molecule has 2 rings (SSSR count). The van der Waals surface area contributed by atoms with Gasteiger partial charge in [0.15, 0.2) is 0 Å². The number of benzene rings is 2. The molecule has 0 bridgehead atoms. The van der Waals surface area contributed by atoms with Gasteiger partial charge in [-0.05, 0) is 63.8 Å². The van der Waals surface area contributed by atoms with Crippen molar-refractivity contribution < 1.29 is 23.9 Å². The third-order valence-corrected chi connectivity index (χ3v) is 6.96. The molecule has 10 heteroatoms. The Hall–Kier alpha value is -4.03. The van der Waals surface area contributed by atoms with Gasteiger partial charge in [-0.2, -0.15) is 0 Å². The number of hydrogen-bond donors (Lipinski definition) is 3. The van der Waals surface area contributed by atoms with Crippen LogP contribution in [0.25, 0.3) is 0 Å². The van der Waals surface area contributed by atoms with Crippen LogP contribution in [-0.4, -0.2) is 46.9 Å². The van der Waals surface area contributed by atoms with Crippen molar-refractivity contribution >= 4 is 41.1 Å². The summed E-state index contributed by atoms with van der Waals surface area (Å²) in [6.45, 7) is 9.14. The van der Waals surface area contributed by atoms with Gasteiger partial charge in [-0.1, -0.05) is 74.0 Å². The fourth-order valence-corrected chi connectivity index (χ4v) is 4.84. The van der Waals surface area contributed by atoms with Gasteiger partial charge in [0.05, 0.1) is 10.7 Å². The second-order valence-electron chi connectivity index (χ2n) is 11.4. The van der Waals surface area contributed by atoms with Crippen LogP contribution in [0, 0.1) is 19.3 Å². The van der Waals surface area contributed by atoms with E-state index in [2.05, 4.69) is 23.5 Å². The lowest BCUT2D eigenvalue weighted by Crippen LogP contribution is -2.53. The first-order valence-electron chi connectivity index (χ1n) is 14.5. The summed E-state index contributed by atoms with van der Waals surface area (Å²) < 4.78 is 5.40. The van der Waals surface area contributed by atoms with Gasteiger partial charge < -0.3 is 26.0 Å². The molecule has 0 aliphatic heterocycles. The number of nitrogens with zero attached hydrogens (tertiary/aromatic N) is 1. The number of carbonyl (C=O) groups excluding carboxylic acids is 4. The number of carbonyl (C=O) groups is 4. The predicted molar refractivity (Wildman–Crippen MR) is 169 cm³/mol. The van der Waals surface area contributed by atoms with Gasteiger partial charge in [-0.25, -0.2) is 4.79 Å². The normalized spacial score (nSPS) is 12.4. The fourth-order valence-electron chi connectivity index (χ4n) is 4.57. The van der Waals surface area contributed by atoms with Crippen LogP contribution in [0.1, 0.15) is 89.0 Å². The molecule has 2 aromatic carbocycles. The van der Waals surface area contributed by atoms with Crippen molar-refractivity contribution in [2.24, 2.45) is 5.73 Å². The lowest BCUT2D eigenvalue weighted by Gasteiger charge is -2.35. The quantitative estimate of drug-likeness (QED) is 0.182. The molecule has 0 radical (unpaired) electrons. The number of ether oxygens (including phenoxy) is 1. The summed E-state index contributed by atoms with van der Waals surface area (Å²) in [5.74, 6) is 0.870. The second-order valence-corrected chi connectivity index (χ2v) is 11.8. The summed E-state index contributed by atoms with van der Waals surface area (Å²) in [6.07, 6.45) is 8.03. The zero-order valence-electron chi connectivity index (χ0n) is 25.7. The van der Waals surface area contributed by atoms with Crippen LogP contribution in [0.2, 0.25) is 5.02 Å². The maximum absolute atomic E-state index is 14.4. The van der Waals surface area contributed by atoms with Crippen molar-refractivity contribution in [2.75, 3.05) is 11.9 Å². The summed E-state index contributed by atoms with van der Waals surface area (Å²) in [7, 11) is 0. The zero-order valence-corrected chi connectivity index (χ0v) is 26.4. The van der Waals surface area contributed by atoms with Crippen LogP contribution in [0.5, 0.6) is 0 Å².